The van der Waals surface area contributed by atoms with Crippen molar-refractivity contribution in [2.24, 2.45) is 0 Å². The Kier molecular flexibility index (Phi) is 0.619. The zero-order chi connectivity index (χ0) is 5.28. The summed E-state index contributed by atoms with van der Waals surface area (Å²) >= 11 is 0. The molecule has 0 fully saturated rings. The Bertz CT molecular complexity index is 142. The summed E-state index contributed by atoms with van der Waals surface area (Å²) < 4.78 is 0. The smallest absolute Gasteiger partial charge is 0.334 e. The molecule has 7 heavy (non-hydrogen) atoms. The van der Waals surface area contributed by atoms with Gasteiger partial charge >= 0.3 is 6.01 Å². The highest BCUT2D eigenvalue weighted by molar-refractivity contribution is 4.81. The minimum absolute atomic E-state index is 0.303. The van der Waals surface area contributed by atoms with E-state index in [2.05, 4.69) is 10.1 Å². The lowest BCUT2D eigenvalue weighted by molar-refractivity contribution is 0.429. The van der Waals surface area contributed by atoms with Gasteiger partial charge < -0.3 is 10.9 Å². The molecule has 0 atom stereocenters. The number of aromatic hydroxyl groups is 1. The van der Waals surface area contributed by atoms with E-state index in [4.69, 9.17) is 10.9 Å². The minimum Gasteiger partial charge on any atom is -0.478 e. The Hall–Kier alpha value is -1.26. The average molecular weight is 100 g/mol. The van der Waals surface area contributed by atoms with Crippen molar-refractivity contribution in [3.8, 4) is 6.01 Å². The molecule has 0 aliphatic heterocycles. The van der Waals surface area contributed by atoms with Crippen LogP contribution in [0.3, 0.4) is 0 Å². The summed E-state index contributed by atoms with van der Waals surface area (Å²) in [6, 6.07) is -0.303. The number of rotatable bonds is 0. The molecule has 0 bridgehead atoms. The first kappa shape index (κ1) is 3.91. The molecular weight excluding hydrogens is 96.0 g/mol. The van der Waals surface area contributed by atoms with E-state index >= 15 is 0 Å². The minimum atomic E-state index is -0.303. The molecule has 0 unspecified atom stereocenters. The van der Waals surface area contributed by atoms with E-state index in [-0.39, 0.29) is 6.01 Å². The van der Waals surface area contributed by atoms with Crippen molar-refractivity contribution in [3.05, 3.63) is 6.33 Å². The van der Waals surface area contributed by atoms with Crippen LogP contribution >= 0.6 is 0 Å². The van der Waals surface area contributed by atoms with Crippen molar-refractivity contribution in [2.45, 2.75) is 0 Å². The van der Waals surface area contributed by atoms with E-state index in [1.807, 2.05) is 0 Å². The monoisotopic (exact) mass is 100 g/mol. The maximum absolute atomic E-state index is 8.33. The van der Waals surface area contributed by atoms with Gasteiger partial charge in [-0.3, -0.25) is 0 Å². The Morgan fingerprint density at radius 2 is 2.57 bits per heavy atom. The van der Waals surface area contributed by atoms with Crippen LogP contribution in [-0.2, 0) is 0 Å². The van der Waals surface area contributed by atoms with Crippen molar-refractivity contribution < 1.29 is 5.11 Å². The Balaban J connectivity index is 3.04. The van der Waals surface area contributed by atoms with Gasteiger partial charge in [0.15, 0.2) is 0 Å². The predicted octanol–water partition coefficient (Wildman–Crippen LogP) is -1.30. The summed E-state index contributed by atoms with van der Waals surface area (Å²) in [5, 5.41) is 11.6. The van der Waals surface area contributed by atoms with Gasteiger partial charge in [-0.15, -0.1) is 0 Å². The lowest BCUT2D eigenvalue weighted by Gasteiger charge is -1.77. The van der Waals surface area contributed by atoms with Gasteiger partial charge in [0, 0.05) is 0 Å². The molecule has 1 aromatic heterocycles. The molecule has 5 nitrogen and oxygen atoms in total. The first-order valence-corrected chi connectivity index (χ1v) is 1.65. The lowest BCUT2D eigenvalue weighted by Crippen LogP contribution is -2.07. The number of hydrogen-bond donors (Lipinski definition) is 2. The summed E-state index contributed by atoms with van der Waals surface area (Å²) in [7, 11) is 0. The van der Waals surface area contributed by atoms with Crippen LogP contribution in [0, 0.1) is 0 Å². The summed E-state index contributed by atoms with van der Waals surface area (Å²) in [6.45, 7) is 0. The number of nitrogens with two attached hydrogens (primary N) is 1. The summed E-state index contributed by atoms with van der Waals surface area (Å²) in [5.74, 6) is 4.96. The molecule has 0 spiro atoms. The van der Waals surface area contributed by atoms with Crippen LogP contribution in [0.2, 0.25) is 0 Å². The van der Waals surface area contributed by atoms with Crippen molar-refractivity contribution in [2.75, 3.05) is 5.84 Å². The fourth-order valence-electron chi connectivity index (χ4n) is 0.266. The second kappa shape index (κ2) is 1.11. The lowest BCUT2D eigenvalue weighted by atomic mass is 11.2. The normalized spacial score (nSPS) is 9.14. The van der Waals surface area contributed by atoms with E-state index in [0.717, 1.165) is 4.79 Å². The van der Waals surface area contributed by atoms with Crippen LogP contribution in [0.1, 0.15) is 0 Å². The molecule has 0 amide bonds. The van der Waals surface area contributed by atoms with E-state index in [9.17, 15) is 0 Å². The van der Waals surface area contributed by atoms with E-state index in [0.29, 0.717) is 0 Å². The summed E-state index contributed by atoms with van der Waals surface area (Å²) in [5.41, 5.74) is 0. The number of hydrogen-bond acceptors (Lipinski definition) is 4. The van der Waals surface area contributed by atoms with Gasteiger partial charge in [-0.1, -0.05) is 5.10 Å². The zero-order valence-electron chi connectivity index (χ0n) is 3.44. The van der Waals surface area contributed by atoms with Crippen LogP contribution in [0.25, 0.3) is 0 Å². The van der Waals surface area contributed by atoms with Crippen molar-refractivity contribution >= 4 is 0 Å². The van der Waals surface area contributed by atoms with E-state index in [1.54, 1.807) is 0 Å². The van der Waals surface area contributed by atoms with Gasteiger partial charge in [0.25, 0.3) is 0 Å². The van der Waals surface area contributed by atoms with Crippen LogP contribution < -0.4 is 5.84 Å². The average Bonchev–Trinajstić information content (AvgIpc) is 1.87. The summed E-state index contributed by atoms with van der Waals surface area (Å²) in [4.78, 5) is 4.22. The predicted molar refractivity (Wildman–Crippen MR) is 21.8 cm³/mol. The largest absolute Gasteiger partial charge is 0.478 e. The van der Waals surface area contributed by atoms with Crippen molar-refractivity contribution in [3.63, 3.8) is 0 Å². The second-order valence-electron chi connectivity index (χ2n) is 1.02. The molecular formula is C2H4N4O. The standard InChI is InChI=1S/C2H4N4O/c3-6-1-4-2(7)5-6/h1H,3H2,(H,5,7). The highest BCUT2D eigenvalue weighted by atomic mass is 16.3. The quantitative estimate of drug-likeness (QED) is 0.397. The van der Waals surface area contributed by atoms with Gasteiger partial charge in [0.05, 0.1) is 0 Å². The molecule has 5 heteroatoms. The third-order valence-electron chi connectivity index (χ3n) is 0.496. The number of nitrogens with zero attached hydrogens (tertiary/aromatic N) is 3. The molecule has 0 aliphatic rings. The van der Waals surface area contributed by atoms with Crippen LogP contribution in [-0.4, -0.2) is 20.0 Å². The van der Waals surface area contributed by atoms with E-state index in [1.165, 1.54) is 6.33 Å². The SMILES string of the molecule is Nn1cnc(O)n1. The fourth-order valence-corrected chi connectivity index (χ4v) is 0.266. The Morgan fingerprint density at radius 3 is 2.71 bits per heavy atom. The molecule has 38 valence electrons. The third-order valence-corrected chi connectivity index (χ3v) is 0.496. The number of aromatic nitrogens is 3. The van der Waals surface area contributed by atoms with Gasteiger partial charge in [-0.2, -0.15) is 9.77 Å². The summed E-state index contributed by atoms with van der Waals surface area (Å²) in [6.07, 6.45) is 1.20. The second-order valence-corrected chi connectivity index (χ2v) is 1.02. The molecule has 0 saturated carbocycles. The van der Waals surface area contributed by atoms with Gasteiger partial charge in [-0.05, 0) is 0 Å². The molecule has 0 aromatic carbocycles. The van der Waals surface area contributed by atoms with Crippen LogP contribution in [0.15, 0.2) is 6.33 Å². The first-order chi connectivity index (χ1) is 3.29. The topological polar surface area (TPSA) is 77.0 Å². The van der Waals surface area contributed by atoms with Gasteiger partial charge in [0.1, 0.15) is 6.33 Å². The molecule has 0 aliphatic carbocycles. The van der Waals surface area contributed by atoms with Crippen LogP contribution in [0.4, 0.5) is 0 Å². The number of nitrogen functional groups attached to an aromatic ring is 1. The highest BCUT2D eigenvalue weighted by Gasteiger charge is 1.87. The van der Waals surface area contributed by atoms with Crippen molar-refractivity contribution in [1.82, 2.24) is 14.9 Å². The molecule has 1 rings (SSSR count). The molecule has 3 N–H and O–H groups in total. The maximum Gasteiger partial charge on any atom is 0.334 e. The van der Waals surface area contributed by atoms with Crippen molar-refractivity contribution in [1.29, 1.82) is 0 Å². The van der Waals surface area contributed by atoms with Gasteiger partial charge in [0.2, 0.25) is 0 Å². The maximum atomic E-state index is 8.33. The first-order valence-electron chi connectivity index (χ1n) is 1.65. The molecule has 1 heterocycles. The fraction of sp³-hybridized carbons (Fsp3) is 0. The van der Waals surface area contributed by atoms with Gasteiger partial charge in [-0.25, -0.2) is 0 Å². The third kappa shape index (κ3) is 0.594. The molecule has 0 radical (unpaired) electrons. The zero-order valence-corrected chi connectivity index (χ0v) is 3.44. The Labute approximate surface area is 39.4 Å². The van der Waals surface area contributed by atoms with Crippen LogP contribution in [0.5, 0.6) is 6.01 Å². The Morgan fingerprint density at radius 1 is 1.86 bits per heavy atom. The highest BCUT2D eigenvalue weighted by Crippen LogP contribution is 1.88. The molecule has 0 saturated heterocycles. The molecule has 1 aromatic rings. The van der Waals surface area contributed by atoms with E-state index < -0.39 is 0 Å².